The molecule has 0 spiro atoms. The average molecular weight is 608 g/mol. The fourth-order valence-electron chi connectivity index (χ4n) is 6.36. The highest BCUT2D eigenvalue weighted by Crippen LogP contribution is 2.32. The minimum Gasteiger partial charge on any atom is -0.358 e. The number of nitrogens with zero attached hydrogens (tertiary/aromatic N) is 3. The molecule has 7 heteroatoms. The molecule has 4 nitrogen and oxygen atoms in total. The molecule has 3 aromatic carbocycles. The van der Waals surface area contributed by atoms with Gasteiger partial charge in [-0.3, -0.25) is 0 Å². The first-order chi connectivity index (χ1) is 19.9. The van der Waals surface area contributed by atoms with Crippen LogP contribution in [0.5, 0.6) is 0 Å². The lowest BCUT2D eigenvalue weighted by molar-refractivity contribution is 0.351. The predicted octanol–water partition coefficient (Wildman–Crippen LogP) is 8.07. The molecule has 0 radical (unpaired) electrons. The summed E-state index contributed by atoms with van der Waals surface area (Å²) in [5.74, 6) is 0. The molecule has 0 bridgehead atoms. The molecule has 0 amide bonds. The Morgan fingerprint density at radius 1 is 0.659 bits per heavy atom. The molecule has 0 saturated carbocycles. The Labute approximate surface area is 257 Å². The maximum Gasteiger partial charge on any atom is 0.0486 e. The minimum absolute atomic E-state index is 0.793. The van der Waals surface area contributed by atoms with Crippen molar-refractivity contribution in [1.29, 1.82) is 0 Å². The number of H-pyrrole nitrogens is 1. The number of hydrogen-bond acceptors (Lipinski definition) is 2. The number of likely N-dealkylation sites (N-methyl/N-ethyl adjacent to an activating group) is 2. The van der Waals surface area contributed by atoms with Crippen LogP contribution in [-0.4, -0.2) is 59.6 Å². The summed E-state index contributed by atoms with van der Waals surface area (Å²) in [6.07, 6.45) is 5.42. The maximum atomic E-state index is 6.30. The quantitative estimate of drug-likeness (QED) is 0.225. The first kappa shape index (κ1) is 28.6. The molecule has 2 aromatic heterocycles. The summed E-state index contributed by atoms with van der Waals surface area (Å²) in [6, 6.07) is 20.6. The molecule has 0 saturated heterocycles. The SMILES string of the molecule is CN1CCc2[nH]c3ccc(Cl)cc3c2CC1.CN1CCc2c(n(CCc3ccc(Cl)cc3)c3ccc(Cl)cc23)CC1. The monoisotopic (exact) mass is 606 g/mol. The van der Waals surface area contributed by atoms with Crippen LogP contribution in [-0.2, 0) is 38.6 Å². The first-order valence-electron chi connectivity index (χ1n) is 14.6. The zero-order valence-electron chi connectivity index (χ0n) is 23.8. The van der Waals surface area contributed by atoms with Crippen LogP contribution >= 0.6 is 34.8 Å². The molecule has 1 N–H and O–H groups in total. The van der Waals surface area contributed by atoms with Crippen LogP contribution in [0.25, 0.3) is 21.8 Å². The van der Waals surface area contributed by atoms with E-state index in [0.717, 1.165) is 79.9 Å². The number of aromatic amines is 1. The zero-order valence-corrected chi connectivity index (χ0v) is 26.1. The molecule has 214 valence electrons. The number of rotatable bonds is 3. The summed E-state index contributed by atoms with van der Waals surface area (Å²) < 4.78 is 2.51. The Morgan fingerprint density at radius 3 is 2.02 bits per heavy atom. The molecule has 0 fully saturated rings. The standard InChI is InChI=1S/C21H22Cl2N2.C13H15ClN2/c1-24-11-9-18-19-14-17(23)6-7-20(19)25(21(18)10-12-24)13-8-15-2-4-16(22)5-3-15;1-16-6-4-10-11-8-9(14)2-3-12(11)15-13(10)5-7-16/h2-7,14H,8-13H2,1H3;2-3,8,15H,4-7H2,1H3. The smallest absolute Gasteiger partial charge is 0.0486 e. The fourth-order valence-corrected chi connectivity index (χ4v) is 6.83. The normalized spacial score (nSPS) is 16.1. The Hall–Kier alpha value is -2.47. The van der Waals surface area contributed by atoms with E-state index in [1.165, 1.54) is 49.9 Å². The lowest BCUT2D eigenvalue weighted by atomic mass is 10.1. The Bertz CT molecular complexity index is 1670. The van der Waals surface area contributed by atoms with Crippen molar-refractivity contribution in [1.82, 2.24) is 19.4 Å². The third-order valence-electron chi connectivity index (χ3n) is 8.70. The number of fused-ring (bicyclic) bond motifs is 6. The number of halogens is 3. The van der Waals surface area contributed by atoms with Gasteiger partial charge in [0.1, 0.15) is 0 Å². The molecule has 5 aromatic rings. The molecule has 7 rings (SSSR count). The van der Waals surface area contributed by atoms with Crippen LogP contribution in [0.15, 0.2) is 60.7 Å². The van der Waals surface area contributed by atoms with E-state index in [1.54, 1.807) is 0 Å². The molecule has 2 aliphatic rings. The molecule has 4 heterocycles. The van der Waals surface area contributed by atoms with E-state index >= 15 is 0 Å². The molecular formula is C34H37Cl3N4. The van der Waals surface area contributed by atoms with E-state index in [0.29, 0.717) is 0 Å². The van der Waals surface area contributed by atoms with Gasteiger partial charge in [0.2, 0.25) is 0 Å². The average Bonchev–Trinajstić information content (AvgIpc) is 3.28. The van der Waals surface area contributed by atoms with Gasteiger partial charge >= 0.3 is 0 Å². The molecule has 2 aliphatic heterocycles. The van der Waals surface area contributed by atoms with E-state index in [1.807, 2.05) is 24.3 Å². The highest BCUT2D eigenvalue weighted by atomic mass is 35.5. The second-order valence-corrected chi connectivity index (χ2v) is 12.8. The Balaban J connectivity index is 0.000000162. The second-order valence-electron chi connectivity index (χ2n) is 11.5. The van der Waals surface area contributed by atoms with Crippen molar-refractivity contribution in [2.75, 3.05) is 40.3 Å². The van der Waals surface area contributed by atoms with Gasteiger partial charge in [0.05, 0.1) is 0 Å². The number of aromatic nitrogens is 2. The van der Waals surface area contributed by atoms with Gasteiger partial charge in [-0.25, -0.2) is 0 Å². The highest BCUT2D eigenvalue weighted by molar-refractivity contribution is 6.31. The van der Waals surface area contributed by atoms with Crippen LogP contribution in [0.4, 0.5) is 0 Å². The lowest BCUT2D eigenvalue weighted by Crippen LogP contribution is -2.21. The summed E-state index contributed by atoms with van der Waals surface area (Å²) in [5, 5.41) is 5.07. The predicted molar refractivity (Wildman–Crippen MR) is 175 cm³/mol. The summed E-state index contributed by atoms with van der Waals surface area (Å²) in [6.45, 7) is 5.46. The van der Waals surface area contributed by atoms with Crippen LogP contribution in [0.1, 0.15) is 28.1 Å². The van der Waals surface area contributed by atoms with Gasteiger partial charge in [0, 0.05) is 93.8 Å². The number of aryl methyl sites for hydroxylation is 2. The van der Waals surface area contributed by atoms with Gasteiger partial charge in [0.25, 0.3) is 0 Å². The summed E-state index contributed by atoms with van der Waals surface area (Å²) >= 11 is 18.4. The van der Waals surface area contributed by atoms with E-state index in [9.17, 15) is 0 Å². The summed E-state index contributed by atoms with van der Waals surface area (Å²) in [7, 11) is 4.39. The highest BCUT2D eigenvalue weighted by Gasteiger charge is 2.21. The third-order valence-corrected chi connectivity index (χ3v) is 9.43. The van der Waals surface area contributed by atoms with Crippen molar-refractivity contribution in [3.05, 3.63) is 104 Å². The number of nitrogens with one attached hydrogen (secondary N) is 1. The van der Waals surface area contributed by atoms with Crippen LogP contribution in [0.3, 0.4) is 0 Å². The van der Waals surface area contributed by atoms with Crippen LogP contribution < -0.4 is 0 Å². The fraction of sp³-hybridized carbons (Fsp3) is 0.353. The molecule has 0 aliphatic carbocycles. The van der Waals surface area contributed by atoms with E-state index in [2.05, 4.69) is 69.8 Å². The third kappa shape index (κ3) is 6.33. The van der Waals surface area contributed by atoms with E-state index < -0.39 is 0 Å². The van der Waals surface area contributed by atoms with Gasteiger partial charge in [-0.2, -0.15) is 0 Å². The van der Waals surface area contributed by atoms with Gasteiger partial charge in [-0.1, -0.05) is 46.9 Å². The number of benzene rings is 3. The maximum absolute atomic E-state index is 6.30. The lowest BCUT2D eigenvalue weighted by Gasteiger charge is -2.14. The van der Waals surface area contributed by atoms with Gasteiger partial charge in [0.15, 0.2) is 0 Å². The summed E-state index contributed by atoms with van der Waals surface area (Å²) in [5.41, 5.74) is 9.67. The van der Waals surface area contributed by atoms with Gasteiger partial charge in [-0.05, 0) is 98.6 Å². The molecule has 0 unspecified atom stereocenters. The zero-order chi connectivity index (χ0) is 28.5. The minimum atomic E-state index is 0.793. The number of hydrogen-bond donors (Lipinski definition) is 1. The topological polar surface area (TPSA) is 27.2 Å². The van der Waals surface area contributed by atoms with Crippen molar-refractivity contribution in [2.45, 2.75) is 38.6 Å². The second kappa shape index (κ2) is 12.4. The first-order valence-corrected chi connectivity index (χ1v) is 15.7. The van der Waals surface area contributed by atoms with Crippen molar-refractivity contribution in [3.8, 4) is 0 Å². The van der Waals surface area contributed by atoms with Crippen LogP contribution in [0.2, 0.25) is 15.1 Å². The van der Waals surface area contributed by atoms with E-state index in [4.69, 9.17) is 34.8 Å². The van der Waals surface area contributed by atoms with Crippen LogP contribution in [0, 0.1) is 0 Å². The van der Waals surface area contributed by atoms with Crippen molar-refractivity contribution in [2.24, 2.45) is 0 Å². The molecule has 0 atom stereocenters. The largest absolute Gasteiger partial charge is 0.358 e. The van der Waals surface area contributed by atoms with Gasteiger partial charge in [-0.15, -0.1) is 0 Å². The molecule has 41 heavy (non-hydrogen) atoms. The van der Waals surface area contributed by atoms with Crippen molar-refractivity contribution < 1.29 is 0 Å². The van der Waals surface area contributed by atoms with Crippen molar-refractivity contribution in [3.63, 3.8) is 0 Å². The molecular weight excluding hydrogens is 571 g/mol. The van der Waals surface area contributed by atoms with E-state index in [-0.39, 0.29) is 0 Å². The summed E-state index contributed by atoms with van der Waals surface area (Å²) in [4.78, 5) is 8.31. The Morgan fingerprint density at radius 2 is 1.27 bits per heavy atom. The van der Waals surface area contributed by atoms with Gasteiger partial charge < -0.3 is 19.4 Å². The van der Waals surface area contributed by atoms with Crippen molar-refractivity contribution >= 4 is 56.6 Å². The Kier molecular flexibility index (Phi) is 8.67.